The van der Waals surface area contributed by atoms with E-state index in [2.05, 4.69) is 5.32 Å². The highest BCUT2D eigenvalue weighted by Gasteiger charge is 2.12. The van der Waals surface area contributed by atoms with Crippen molar-refractivity contribution in [3.8, 4) is 0 Å². The molecular formula is C17H19N3O5. The zero-order valence-electron chi connectivity index (χ0n) is 13.9. The zero-order valence-corrected chi connectivity index (χ0v) is 13.9. The van der Waals surface area contributed by atoms with Crippen molar-refractivity contribution in [3.63, 3.8) is 0 Å². The second kappa shape index (κ2) is 8.09. The van der Waals surface area contributed by atoms with Gasteiger partial charge in [-0.05, 0) is 17.5 Å². The molecule has 0 saturated heterocycles. The molecule has 1 aromatic heterocycles. The van der Waals surface area contributed by atoms with Gasteiger partial charge in [0.1, 0.15) is 6.54 Å². The summed E-state index contributed by atoms with van der Waals surface area (Å²) in [5.41, 5.74) is 0.356. The maximum atomic E-state index is 12.0. The molecule has 0 fully saturated rings. The second-order valence-electron chi connectivity index (χ2n) is 5.69. The maximum absolute atomic E-state index is 12.0. The van der Waals surface area contributed by atoms with E-state index >= 15 is 0 Å². The molecular weight excluding hydrogens is 326 g/mol. The molecule has 0 aliphatic heterocycles. The van der Waals surface area contributed by atoms with Crippen LogP contribution in [0.3, 0.4) is 0 Å². The van der Waals surface area contributed by atoms with Gasteiger partial charge in [0.15, 0.2) is 6.61 Å². The highest BCUT2D eigenvalue weighted by atomic mass is 16.5. The van der Waals surface area contributed by atoms with Gasteiger partial charge in [0, 0.05) is 18.0 Å². The summed E-state index contributed by atoms with van der Waals surface area (Å²) in [6, 6.07) is 8.48. The number of esters is 1. The number of aromatic nitrogens is 2. The minimum Gasteiger partial charge on any atom is -0.454 e. The van der Waals surface area contributed by atoms with Crippen molar-refractivity contribution in [1.82, 2.24) is 9.55 Å². The van der Waals surface area contributed by atoms with Gasteiger partial charge < -0.3 is 10.1 Å². The quantitative estimate of drug-likeness (QED) is 0.754. The molecule has 8 heteroatoms. The van der Waals surface area contributed by atoms with Gasteiger partial charge in [-0.2, -0.15) is 0 Å². The number of benzene rings is 1. The first-order chi connectivity index (χ1) is 11.9. The topological polar surface area (TPSA) is 110 Å². The number of ether oxygens (including phenoxy) is 1. The molecule has 2 rings (SSSR count). The summed E-state index contributed by atoms with van der Waals surface area (Å²) < 4.78 is 5.84. The van der Waals surface area contributed by atoms with Crippen molar-refractivity contribution in [3.05, 3.63) is 62.9 Å². The molecule has 25 heavy (non-hydrogen) atoms. The number of amides is 1. The standard InChI is InChI=1S/C17H19N3O5/c1-11(2)12-5-3-4-6-13(12)18-15(22)10-25-16(23)9-20-8-7-14(21)19-17(20)24/h3-8,11H,9-10H2,1-2H3,(H,18,22)(H,19,21,24). The Kier molecular flexibility index (Phi) is 5.89. The van der Waals surface area contributed by atoms with Gasteiger partial charge in [-0.3, -0.25) is 23.9 Å². The minimum atomic E-state index is -0.763. The Labute approximate surface area is 143 Å². The van der Waals surface area contributed by atoms with Crippen LogP contribution < -0.4 is 16.6 Å². The fraction of sp³-hybridized carbons (Fsp3) is 0.294. The molecule has 132 valence electrons. The van der Waals surface area contributed by atoms with E-state index in [1.165, 1.54) is 6.20 Å². The fourth-order valence-corrected chi connectivity index (χ4v) is 2.20. The average Bonchev–Trinajstić information content (AvgIpc) is 2.56. The van der Waals surface area contributed by atoms with Crippen molar-refractivity contribution in [1.29, 1.82) is 0 Å². The summed E-state index contributed by atoms with van der Waals surface area (Å²) in [5, 5.41) is 2.70. The predicted molar refractivity (Wildman–Crippen MR) is 91.4 cm³/mol. The second-order valence-corrected chi connectivity index (χ2v) is 5.69. The van der Waals surface area contributed by atoms with Gasteiger partial charge in [0.05, 0.1) is 0 Å². The maximum Gasteiger partial charge on any atom is 0.328 e. The molecule has 0 atom stereocenters. The predicted octanol–water partition coefficient (Wildman–Crippen LogP) is 0.842. The van der Waals surface area contributed by atoms with Crippen LogP contribution in [-0.2, 0) is 20.9 Å². The summed E-state index contributed by atoms with van der Waals surface area (Å²) in [7, 11) is 0. The summed E-state index contributed by atoms with van der Waals surface area (Å²) in [5.74, 6) is -1.01. The number of anilines is 1. The molecule has 0 saturated carbocycles. The lowest BCUT2D eigenvalue weighted by Gasteiger charge is -2.13. The van der Waals surface area contributed by atoms with Crippen molar-refractivity contribution in [2.75, 3.05) is 11.9 Å². The van der Waals surface area contributed by atoms with Crippen molar-refractivity contribution < 1.29 is 14.3 Å². The number of aromatic amines is 1. The third-order valence-electron chi connectivity index (χ3n) is 3.42. The van der Waals surface area contributed by atoms with Gasteiger partial charge in [0.25, 0.3) is 11.5 Å². The SMILES string of the molecule is CC(C)c1ccccc1NC(=O)COC(=O)Cn1ccc(=O)[nH]c1=O. The molecule has 0 unspecified atom stereocenters. The Morgan fingerprint density at radius 3 is 2.60 bits per heavy atom. The first-order valence-corrected chi connectivity index (χ1v) is 7.71. The first kappa shape index (κ1) is 18.2. The number of nitrogens with zero attached hydrogens (tertiary/aromatic N) is 1. The van der Waals surface area contributed by atoms with Crippen molar-refractivity contribution >= 4 is 17.6 Å². The number of nitrogens with one attached hydrogen (secondary N) is 2. The normalized spacial score (nSPS) is 10.5. The van der Waals surface area contributed by atoms with E-state index in [0.29, 0.717) is 5.69 Å². The van der Waals surface area contributed by atoms with Gasteiger partial charge in [-0.25, -0.2) is 4.79 Å². The van der Waals surface area contributed by atoms with Crippen LogP contribution in [0.25, 0.3) is 0 Å². The Morgan fingerprint density at radius 1 is 1.20 bits per heavy atom. The van der Waals surface area contributed by atoms with Crippen molar-refractivity contribution in [2.24, 2.45) is 0 Å². The summed E-state index contributed by atoms with van der Waals surface area (Å²) in [6.45, 7) is 3.15. The lowest BCUT2D eigenvalue weighted by molar-refractivity contribution is -0.148. The molecule has 0 aliphatic carbocycles. The Morgan fingerprint density at radius 2 is 1.92 bits per heavy atom. The summed E-state index contributed by atoms with van der Waals surface area (Å²) in [4.78, 5) is 48.1. The molecule has 0 aliphatic rings. The van der Waals surface area contributed by atoms with E-state index in [1.54, 1.807) is 12.1 Å². The van der Waals surface area contributed by atoms with Crippen LogP contribution in [-0.4, -0.2) is 28.0 Å². The van der Waals surface area contributed by atoms with E-state index in [-0.39, 0.29) is 5.92 Å². The van der Waals surface area contributed by atoms with Gasteiger partial charge in [-0.1, -0.05) is 32.0 Å². The number of hydrogen-bond donors (Lipinski definition) is 2. The van der Waals surface area contributed by atoms with Crippen LogP contribution in [0.5, 0.6) is 0 Å². The largest absolute Gasteiger partial charge is 0.454 e. The lowest BCUT2D eigenvalue weighted by Crippen LogP contribution is -2.32. The van der Waals surface area contributed by atoms with E-state index in [9.17, 15) is 19.2 Å². The highest BCUT2D eigenvalue weighted by Crippen LogP contribution is 2.23. The molecule has 0 spiro atoms. The third-order valence-corrected chi connectivity index (χ3v) is 3.42. The number of hydrogen-bond acceptors (Lipinski definition) is 5. The Bertz CT molecular complexity index is 882. The lowest BCUT2D eigenvalue weighted by atomic mass is 10.0. The van der Waals surface area contributed by atoms with Gasteiger partial charge >= 0.3 is 11.7 Å². The van der Waals surface area contributed by atoms with E-state index in [4.69, 9.17) is 4.74 Å². The van der Waals surface area contributed by atoms with Crippen LogP contribution in [0.15, 0.2) is 46.1 Å². The highest BCUT2D eigenvalue weighted by molar-refractivity contribution is 5.93. The summed E-state index contributed by atoms with van der Waals surface area (Å²) >= 11 is 0. The van der Waals surface area contributed by atoms with Crippen LogP contribution in [0.2, 0.25) is 0 Å². The van der Waals surface area contributed by atoms with Crippen LogP contribution >= 0.6 is 0 Å². The molecule has 0 radical (unpaired) electrons. The molecule has 1 amide bonds. The number of H-pyrrole nitrogens is 1. The number of para-hydroxylation sites is 1. The Balaban J connectivity index is 1.91. The van der Waals surface area contributed by atoms with Crippen LogP contribution in [0.1, 0.15) is 25.3 Å². The third kappa shape index (κ3) is 5.17. The molecule has 1 heterocycles. The van der Waals surface area contributed by atoms with Gasteiger partial charge in [0.2, 0.25) is 0 Å². The number of carbonyl (C=O) groups is 2. The van der Waals surface area contributed by atoms with E-state index < -0.39 is 36.3 Å². The van der Waals surface area contributed by atoms with E-state index in [0.717, 1.165) is 16.2 Å². The minimum absolute atomic E-state index is 0.228. The van der Waals surface area contributed by atoms with Crippen LogP contribution in [0, 0.1) is 0 Å². The average molecular weight is 345 g/mol. The smallest absolute Gasteiger partial charge is 0.328 e. The van der Waals surface area contributed by atoms with Crippen molar-refractivity contribution in [2.45, 2.75) is 26.3 Å². The van der Waals surface area contributed by atoms with Gasteiger partial charge in [-0.15, -0.1) is 0 Å². The van der Waals surface area contributed by atoms with E-state index in [1.807, 2.05) is 31.0 Å². The Hall–Kier alpha value is -3.16. The van der Waals surface area contributed by atoms with Crippen LogP contribution in [0.4, 0.5) is 5.69 Å². The molecule has 8 nitrogen and oxygen atoms in total. The molecule has 0 bridgehead atoms. The zero-order chi connectivity index (χ0) is 18.4. The summed E-state index contributed by atoms with van der Waals surface area (Å²) in [6.07, 6.45) is 1.18. The number of rotatable bonds is 6. The monoisotopic (exact) mass is 345 g/mol. The fourth-order valence-electron chi connectivity index (χ4n) is 2.20. The molecule has 2 aromatic rings. The molecule has 2 N–H and O–H groups in total. The number of carbonyl (C=O) groups excluding carboxylic acids is 2. The first-order valence-electron chi connectivity index (χ1n) is 7.71. The molecule has 1 aromatic carbocycles.